The Bertz CT molecular complexity index is 1400. The predicted molar refractivity (Wildman–Crippen MR) is 154 cm³/mol. The number of anilines is 3. The zero-order chi connectivity index (χ0) is 26.9. The zero-order valence-corrected chi connectivity index (χ0v) is 22.1. The summed E-state index contributed by atoms with van der Waals surface area (Å²) in [4.78, 5) is 27.3. The number of urea groups is 2. The smallest absolute Gasteiger partial charge is 0.326 e. The third kappa shape index (κ3) is 7.41. The first kappa shape index (κ1) is 26.9. The lowest BCUT2D eigenvalue weighted by Gasteiger charge is -2.24. The molecule has 0 aromatic heterocycles. The van der Waals surface area contributed by atoms with Gasteiger partial charge in [-0.05, 0) is 73.2 Å². The summed E-state index contributed by atoms with van der Waals surface area (Å²) in [5.74, 6) is 1.35. The number of nitrogens with zero attached hydrogens (tertiary/aromatic N) is 1. The minimum atomic E-state index is -0.472. The number of para-hydroxylation sites is 1. The molecule has 7 nitrogen and oxygen atoms in total. The van der Waals surface area contributed by atoms with E-state index in [0.29, 0.717) is 33.6 Å². The number of carbonyl (C=O) groups is 2. The van der Waals surface area contributed by atoms with Gasteiger partial charge in [0, 0.05) is 24.5 Å². The van der Waals surface area contributed by atoms with Crippen molar-refractivity contribution in [2.75, 3.05) is 28.6 Å². The second kappa shape index (κ2) is 12.9. The maximum absolute atomic E-state index is 13.3. The van der Waals surface area contributed by atoms with E-state index in [4.69, 9.17) is 27.9 Å². The summed E-state index contributed by atoms with van der Waals surface area (Å²) in [5.41, 5.74) is 2.72. The Labute approximate surface area is 231 Å². The normalized spacial score (nSPS) is 10.4. The van der Waals surface area contributed by atoms with E-state index in [1.54, 1.807) is 47.4 Å². The summed E-state index contributed by atoms with van der Waals surface area (Å²) in [6.07, 6.45) is 0. The van der Waals surface area contributed by atoms with Gasteiger partial charge in [0.05, 0.1) is 15.7 Å². The fourth-order valence-corrected chi connectivity index (χ4v) is 3.98. The van der Waals surface area contributed by atoms with Crippen LogP contribution in [0.15, 0.2) is 97.1 Å². The second-order valence-electron chi connectivity index (χ2n) is 8.34. The maximum Gasteiger partial charge on any atom is 0.326 e. The first-order valence-electron chi connectivity index (χ1n) is 11.9. The van der Waals surface area contributed by atoms with Gasteiger partial charge in [0.2, 0.25) is 0 Å². The summed E-state index contributed by atoms with van der Waals surface area (Å²) in [7, 11) is 0. The lowest BCUT2D eigenvalue weighted by Crippen LogP contribution is -2.42. The molecule has 0 heterocycles. The molecule has 9 heteroatoms. The molecule has 0 fully saturated rings. The van der Waals surface area contributed by atoms with Crippen molar-refractivity contribution in [1.29, 1.82) is 0 Å². The van der Waals surface area contributed by atoms with Crippen LogP contribution in [0.3, 0.4) is 0 Å². The standard InChI is InChI=1S/C29H26Cl2N4O3/c1-20-7-5-8-21(19-20)33-29(37)35(18-17-32-28(36)34-26-12-6-11-25(30)27(26)31)22-13-15-24(16-14-22)38-23-9-3-2-4-10-23/h2-16,19H,17-18H2,1H3,(H,33,37)(H2,32,34,36). The van der Waals surface area contributed by atoms with Gasteiger partial charge in [-0.1, -0.05) is 59.6 Å². The van der Waals surface area contributed by atoms with Crippen LogP contribution in [0.4, 0.5) is 26.7 Å². The average Bonchev–Trinajstić information content (AvgIpc) is 2.90. The van der Waals surface area contributed by atoms with Crippen LogP contribution < -0.4 is 25.6 Å². The lowest BCUT2D eigenvalue weighted by atomic mass is 10.2. The van der Waals surface area contributed by atoms with Gasteiger partial charge < -0.3 is 20.7 Å². The van der Waals surface area contributed by atoms with E-state index in [-0.39, 0.29) is 24.1 Å². The van der Waals surface area contributed by atoms with Crippen molar-refractivity contribution in [3.8, 4) is 11.5 Å². The van der Waals surface area contributed by atoms with E-state index >= 15 is 0 Å². The highest BCUT2D eigenvalue weighted by molar-refractivity contribution is 6.43. The number of hydrogen-bond acceptors (Lipinski definition) is 3. The third-order valence-electron chi connectivity index (χ3n) is 5.46. The van der Waals surface area contributed by atoms with Crippen LogP contribution in [0.25, 0.3) is 0 Å². The molecule has 3 N–H and O–H groups in total. The van der Waals surface area contributed by atoms with E-state index in [1.165, 1.54) is 0 Å². The molecule has 0 spiro atoms. The number of nitrogens with one attached hydrogen (secondary N) is 3. The monoisotopic (exact) mass is 548 g/mol. The van der Waals surface area contributed by atoms with Crippen molar-refractivity contribution in [3.05, 3.63) is 113 Å². The van der Waals surface area contributed by atoms with Gasteiger partial charge in [0.25, 0.3) is 0 Å². The van der Waals surface area contributed by atoms with Gasteiger partial charge in [-0.2, -0.15) is 0 Å². The number of rotatable bonds is 8. The molecule has 0 aliphatic carbocycles. The third-order valence-corrected chi connectivity index (χ3v) is 6.28. The second-order valence-corrected chi connectivity index (χ2v) is 9.13. The summed E-state index contributed by atoms with van der Waals surface area (Å²) in [6.45, 7) is 2.33. The molecule has 0 atom stereocenters. The van der Waals surface area contributed by atoms with Crippen molar-refractivity contribution in [2.45, 2.75) is 6.92 Å². The predicted octanol–water partition coefficient (Wildman–Crippen LogP) is 7.95. The van der Waals surface area contributed by atoms with Crippen LogP contribution >= 0.6 is 23.2 Å². The SMILES string of the molecule is Cc1cccc(NC(=O)N(CCNC(=O)Nc2cccc(Cl)c2Cl)c2ccc(Oc3ccccc3)cc2)c1. The number of aryl methyl sites for hydroxylation is 1. The largest absolute Gasteiger partial charge is 0.457 e. The number of halogens is 2. The molecule has 194 valence electrons. The van der Waals surface area contributed by atoms with Crippen molar-refractivity contribution in [1.82, 2.24) is 5.32 Å². The molecule has 4 amide bonds. The van der Waals surface area contributed by atoms with Crippen molar-refractivity contribution < 1.29 is 14.3 Å². The summed E-state index contributed by atoms with van der Waals surface area (Å²) >= 11 is 12.2. The minimum absolute atomic E-state index is 0.174. The van der Waals surface area contributed by atoms with Crippen LogP contribution in [0, 0.1) is 6.92 Å². The van der Waals surface area contributed by atoms with Gasteiger partial charge in [-0.15, -0.1) is 0 Å². The molecule has 38 heavy (non-hydrogen) atoms. The van der Waals surface area contributed by atoms with Gasteiger partial charge in [-0.25, -0.2) is 9.59 Å². The fourth-order valence-electron chi connectivity index (χ4n) is 3.63. The summed E-state index contributed by atoms with van der Waals surface area (Å²) in [5, 5.41) is 8.93. The number of amides is 4. The highest BCUT2D eigenvalue weighted by Crippen LogP contribution is 2.29. The molecule has 0 unspecified atom stereocenters. The van der Waals surface area contributed by atoms with Crippen LogP contribution in [0.1, 0.15) is 5.56 Å². The van der Waals surface area contributed by atoms with Crippen molar-refractivity contribution >= 4 is 52.3 Å². The Morgan fingerprint density at radius 1 is 0.816 bits per heavy atom. The molecule has 0 saturated heterocycles. The maximum atomic E-state index is 13.3. The zero-order valence-electron chi connectivity index (χ0n) is 20.6. The molecule has 0 aliphatic heterocycles. The van der Waals surface area contributed by atoms with Crippen molar-refractivity contribution in [3.63, 3.8) is 0 Å². The molecular weight excluding hydrogens is 523 g/mol. The number of benzene rings is 4. The lowest BCUT2D eigenvalue weighted by molar-refractivity contribution is 0.250. The molecule has 4 rings (SSSR count). The van der Waals surface area contributed by atoms with Crippen LogP contribution in [0.5, 0.6) is 11.5 Å². The van der Waals surface area contributed by atoms with Crippen molar-refractivity contribution in [2.24, 2.45) is 0 Å². The van der Waals surface area contributed by atoms with Gasteiger partial charge in [-0.3, -0.25) is 4.90 Å². The molecule has 0 aliphatic rings. The first-order valence-corrected chi connectivity index (χ1v) is 12.6. The van der Waals surface area contributed by atoms with E-state index in [0.717, 1.165) is 5.56 Å². The first-order chi connectivity index (χ1) is 18.4. The molecule has 0 saturated carbocycles. The van der Waals surface area contributed by atoms with Gasteiger partial charge in [0.15, 0.2) is 0 Å². The average molecular weight is 549 g/mol. The summed E-state index contributed by atoms with van der Waals surface area (Å²) < 4.78 is 5.87. The van der Waals surface area contributed by atoms with Crippen LogP contribution in [-0.2, 0) is 0 Å². The Kier molecular flexibility index (Phi) is 9.08. The summed E-state index contributed by atoms with van der Waals surface area (Å²) in [6, 6.07) is 28.3. The van der Waals surface area contributed by atoms with E-state index < -0.39 is 6.03 Å². The van der Waals surface area contributed by atoms with E-state index in [1.807, 2.05) is 61.5 Å². The molecule has 0 bridgehead atoms. The highest BCUT2D eigenvalue weighted by Gasteiger charge is 2.17. The number of carbonyl (C=O) groups excluding carboxylic acids is 2. The Morgan fingerprint density at radius 2 is 1.53 bits per heavy atom. The Balaban J connectivity index is 1.44. The number of hydrogen-bond donors (Lipinski definition) is 3. The van der Waals surface area contributed by atoms with Crippen LogP contribution in [-0.4, -0.2) is 25.2 Å². The quantitative estimate of drug-likeness (QED) is 0.209. The van der Waals surface area contributed by atoms with Crippen LogP contribution in [0.2, 0.25) is 10.0 Å². The Morgan fingerprint density at radius 3 is 2.26 bits per heavy atom. The Hall–Kier alpha value is -4.20. The molecule has 4 aromatic rings. The topological polar surface area (TPSA) is 82.7 Å². The van der Waals surface area contributed by atoms with Gasteiger partial charge in [0.1, 0.15) is 11.5 Å². The fraction of sp³-hybridized carbons (Fsp3) is 0.103. The molecular formula is C29H26Cl2N4O3. The van der Waals surface area contributed by atoms with Gasteiger partial charge >= 0.3 is 12.1 Å². The number of ether oxygens (including phenoxy) is 1. The van der Waals surface area contributed by atoms with E-state index in [9.17, 15) is 9.59 Å². The minimum Gasteiger partial charge on any atom is -0.457 e. The highest BCUT2D eigenvalue weighted by atomic mass is 35.5. The van der Waals surface area contributed by atoms with E-state index in [2.05, 4.69) is 16.0 Å². The molecule has 0 radical (unpaired) electrons. The molecule has 4 aromatic carbocycles.